The van der Waals surface area contributed by atoms with Crippen LogP contribution in [0.4, 0.5) is 0 Å². The Kier molecular flexibility index (Phi) is 1.64. The van der Waals surface area contributed by atoms with Crippen molar-refractivity contribution in [2.24, 2.45) is 29.1 Å². The van der Waals surface area contributed by atoms with Crippen LogP contribution >= 0.6 is 0 Å². The lowest BCUT2D eigenvalue weighted by Crippen LogP contribution is -2.33. The molecule has 15 heavy (non-hydrogen) atoms. The zero-order valence-corrected chi connectivity index (χ0v) is 8.90. The van der Waals surface area contributed by atoms with Crippen molar-refractivity contribution in [1.29, 1.82) is 0 Å². The maximum absolute atomic E-state index is 11.6. The molecule has 0 saturated heterocycles. The number of carbonyl (C=O) groups excluding carboxylic acids is 1. The molecular formula is C12H16O3. The van der Waals surface area contributed by atoms with E-state index in [1.54, 1.807) is 6.92 Å². The standard InChI is InChI=1S/C12H16O3/c1-6(13)9-7-2-3-8(10(9)11(14)15)12(7)4-5-12/h7-10H,2-5H2,1H3,(H,14,15). The summed E-state index contributed by atoms with van der Waals surface area (Å²) in [5.74, 6) is -0.503. The van der Waals surface area contributed by atoms with Crippen LogP contribution < -0.4 is 0 Å². The zero-order valence-electron chi connectivity index (χ0n) is 8.90. The van der Waals surface area contributed by atoms with E-state index in [-0.39, 0.29) is 23.0 Å². The fraction of sp³-hybridized carbons (Fsp3) is 0.833. The molecule has 0 aromatic rings. The lowest BCUT2D eigenvalue weighted by Gasteiger charge is -2.25. The summed E-state index contributed by atoms with van der Waals surface area (Å²) in [5.41, 5.74) is 0.277. The first-order chi connectivity index (χ1) is 7.08. The average Bonchev–Trinajstić information content (AvgIpc) is 2.81. The van der Waals surface area contributed by atoms with Crippen LogP contribution in [0.5, 0.6) is 0 Å². The number of ketones is 1. The van der Waals surface area contributed by atoms with Crippen LogP contribution in [0.3, 0.4) is 0 Å². The predicted octanol–water partition coefficient (Wildman–Crippen LogP) is 1.71. The minimum absolute atomic E-state index is 0.0980. The summed E-state index contributed by atoms with van der Waals surface area (Å²) in [6.45, 7) is 1.57. The summed E-state index contributed by atoms with van der Waals surface area (Å²) in [7, 11) is 0. The number of hydrogen-bond acceptors (Lipinski definition) is 2. The van der Waals surface area contributed by atoms with Gasteiger partial charge in [-0.2, -0.15) is 0 Å². The van der Waals surface area contributed by atoms with Crippen molar-refractivity contribution >= 4 is 11.8 Å². The zero-order chi connectivity index (χ0) is 10.8. The quantitative estimate of drug-likeness (QED) is 0.751. The number of carboxylic acid groups (broad SMARTS) is 1. The summed E-state index contributed by atoms with van der Waals surface area (Å²) in [6, 6.07) is 0. The third kappa shape index (κ3) is 0.963. The third-order valence-electron chi connectivity index (χ3n) is 5.10. The highest BCUT2D eigenvalue weighted by Gasteiger charge is 2.71. The van der Waals surface area contributed by atoms with Gasteiger partial charge in [-0.1, -0.05) is 0 Å². The summed E-state index contributed by atoms with van der Waals surface area (Å²) < 4.78 is 0. The fourth-order valence-corrected chi connectivity index (χ4v) is 4.53. The molecular weight excluding hydrogens is 192 g/mol. The first-order valence-corrected chi connectivity index (χ1v) is 5.81. The van der Waals surface area contributed by atoms with Gasteiger partial charge in [0.25, 0.3) is 0 Å². The molecule has 2 bridgehead atoms. The van der Waals surface area contributed by atoms with Crippen molar-refractivity contribution in [3.8, 4) is 0 Å². The van der Waals surface area contributed by atoms with Gasteiger partial charge in [-0.05, 0) is 49.9 Å². The molecule has 3 saturated carbocycles. The van der Waals surface area contributed by atoms with Crippen molar-refractivity contribution < 1.29 is 14.7 Å². The Labute approximate surface area is 88.9 Å². The van der Waals surface area contributed by atoms with Gasteiger partial charge in [-0.25, -0.2) is 0 Å². The fourth-order valence-electron chi connectivity index (χ4n) is 4.53. The van der Waals surface area contributed by atoms with E-state index in [2.05, 4.69) is 0 Å². The average molecular weight is 208 g/mol. The van der Waals surface area contributed by atoms with Crippen molar-refractivity contribution in [2.45, 2.75) is 32.6 Å². The Hall–Kier alpha value is -0.860. The smallest absolute Gasteiger partial charge is 0.307 e. The molecule has 4 atom stereocenters. The molecule has 3 fully saturated rings. The van der Waals surface area contributed by atoms with Crippen LogP contribution in [0.2, 0.25) is 0 Å². The molecule has 3 nitrogen and oxygen atoms in total. The first kappa shape index (κ1) is 9.37. The lowest BCUT2D eigenvalue weighted by molar-refractivity contribution is -0.148. The Morgan fingerprint density at radius 1 is 1.13 bits per heavy atom. The molecule has 4 unspecified atom stereocenters. The Balaban J connectivity index is 2.01. The molecule has 0 amide bonds. The topological polar surface area (TPSA) is 54.4 Å². The van der Waals surface area contributed by atoms with Crippen molar-refractivity contribution in [3.63, 3.8) is 0 Å². The Bertz CT molecular complexity index is 313. The summed E-state index contributed by atoms with van der Waals surface area (Å²) >= 11 is 0. The first-order valence-electron chi connectivity index (χ1n) is 5.81. The van der Waals surface area contributed by atoms with Crippen LogP contribution in [-0.4, -0.2) is 16.9 Å². The van der Waals surface area contributed by atoms with Gasteiger partial charge in [0.15, 0.2) is 0 Å². The molecule has 0 heterocycles. The summed E-state index contributed by atoms with van der Waals surface area (Å²) in [5, 5.41) is 9.26. The molecule has 3 rings (SSSR count). The second-order valence-corrected chi connectivity index (χ2v) is 5.52. The molecule has 0 radical (unpaired) electrons. The number of Topliss-reactive ketones (excluding diaryl/α,β-unsaturated/α-hetero) is 1. The van der Waals surface area contributed by atoms with Crippen LogP contribution in [-0.2, 0) is 9.59 Å². The minimum atomic E-state index is -0.742. The van der Waals surface area contributed by atoms with Gasteiger partial charge in [-0.3, -0.25) is 9.59 Å². The molecule has 1 N–H and O–H groups in total. The normalized spacial score (nSPS) is 44.6. The van der Waals surface area contributed by atoms with E-state index in [9.17, 15) is 14.7 Å². The van der Waals surface area contributed by atoms with Gasteiger partial charge in [0, 0.05) is 5.92 Å². The van der Waals surface area contributed by atoms with E-state index < -0.39 is 5.97 Å². The molecule has 0 aromatic heterocycles. The van der Waals surface area contributed by atoms with E-state index in [1.165, 1.54) is 0 Å². The minimum Gasteiger partial charge on any atom is -0.481 e. The number of hydrogen-bond donors (Lipinski definition) is 1. The van der Waals surface area contributed by atoms with Gasteiger partial charge in [0.1, 0.15) is 5.78 Å². The molecule has 3 aliphatic carbocycles. The van der Waals surface area contributed by atoms with Gasteiger partial charge in [0.2, 0.25) is 0 Å². The van der Waals surface area contributed by atoms with Crippen LogP contribution in [0.15, 0.2) is 0 Å². The Morgan fingerprint density at radius 2 is 1.67 bits per heavy atom. The highest BCUT2D eigenvalue weighted by Crippen LogP contribution is 2.74. The predicted molar refractivity (Wildman–Crippen MR) is 53.2 cm³/mol. The maximum Gasteiger partial charge on any atom is 0.307 e. The van der Waals surface area contributed by atoms with Crippen molar-refractivity contribution in [1.82, 2.24) is 0 Å². The molecule has 3 heteroatoms. The van der Waals surface area contributed by atoms with E-state index >= 15 is 0 Å². The van der Waals surface area contributed by atoms with E-state index in [4.69, 9.17) is 0 Å². The lowest BCUT2D eigenvalue weighted by atomic mass is 9.77. The maximum atomic E-state index is 11.6. The number of carbonyl (C=O) groups is 2. The van der Waals surface area contributed by atoms with E-state index in [0.29, 0.717) is 11.8 Å². The van der Waals surface area contributed by atoms with Crippen LogP contribution in [0.25, 0.3) is 0 Å². The van der Waals surface area contributed by atoms with E-state index in [1.807, 2.05) is 0 Å². The number of rotatable bonds is 2. The molecule has 0 aliphatic heterocycles. The second kappa shape index (κ2) is 2.63. The SMILES string of the molecule is CC(=O)C1C(C(=O)O)C2CCC1C21CC1. The van der Waals surface area contributed by atoms with Gasteiger partial charge in [0.05, 0.1) is 5.92 Å². The van der Waals surface area contributed by atoms with Gasteiger partial charge >= 0.3 is 5.97 Å². The van der Waals surface area contributed by atoms with Crippen LogP contribution in [0, 0.1) is 29.1 Å². The second-order valence-electron chi connectivity index (χ2n) is 5.52. The molecule has 1 spiro atoms. The summed E-state index contributed by atoms with van der Waals surface area (Å²) in [6.07, 6.45) is 4.44. The van der Waals surface area contributed by atoms with Crippen LogP contribution in [0.1, 0.15) is 32.6 Å². The number of carboxylic acids is 1. The molecule has 82 valence electrons. The highest BCUT2D eigenvalue weighted by atomic mass is 16.4. The monoisotopic (exact) mass is 208 g/mol. The third-order valence-corrected chi connectivity index (χ3v) is 5.10. The summed E-state index contributed by atoms with van der Waals surface area (Å²) in [4.78, 5) is 22.9. The van der Waals surface area contributed by atoms with E-state index in [0.717, 1.165) is 25.7 Å². The number of aliphatic carboxylic acids is 1. The largest absolute Gasteiger partial charge is 0.481 e. The molecule has 3 aliphatic rings. The molecule has 0 aromatic carbocycles. The van der Waals surface area contributed by atoms with Gasteiger partial charge < -0.3 is 5.11 Å². The van der Waals surface area contributed by atoms with Crippen molar-refractivity contribution in [3.05, 3.63) is 0 Å². The van der Waals surface area contributed by atoms with Gasteiger partial charge in [-0.15, -0.1) is 0 Å². The Morgan fingerprint density at radius 3 is 2.00 bits per heavy atom. The highest BCUT2D eigenvalue weighted by molar-refractivity contribution is 5.86. The van der Waals surface area contributed by atoms with Crippen molar-refractivity contribution in [2.75, 3.05) is 0 Å².